The lowest BCUT2D eigenvalue weighted by molar-refractivity contribution is 0.227. The first-order valence-electron chi connectivity index (χ1n) is 7.37. The highest BCUT2D eigenvalue weighted by Gasteiger charge is 2.27. The molecule has 0 amide bonds. The molecule has 0 N–H and O–H groups in total. The van der Waals surface area contributed by atoms with Gasteiger partial charge in [-0.1, -0.05) is 17.7 Å². The summed E-state index contributed by atoms with van der Waals surface area (Å²) in [7, 11) is 2.06. The third kappa shape index (κ3) is 3.78. The molecule has 6 heteroatoms. The van der Waals surface area contributed by atoms with Gasteiger partial charge in [0, 0.05) is 6.54 Å². The Labute approximate surface area is 124 Å². The molecule has 0 aliphatic heterocycles. The third-order valence-corrected chi connectivity index (χ3v) is 3.63. The first-order valence-corrected chi connectivity index (χ1v) is 7.37. The quantitative estimate of drug-likeness (QED) is 0.777. The van der Waals surface area contributed by atoms with Crippen molar-refractivity contribution in [2.45, 2.75) is 32.4 Å². The lowest BCUT2D eigenvalue weighted by atomic mass is 10.2. The van der Waals surface area contributed by atoms with Crippen LogP contribution in [0.3, 0.4) is 0 Å². The van der Waals surface area contributed by atoms with Crippen LogP contribution >= 0.6 is 0 Å². The second-order valence-electron chi connectivity index (χ2n) is 5.67. The van der Waals surface area contributed by atoms with E-state index < -0.39 is 0 Å². The van der Waals surface area contributed by atoms with Crippen LogP contribution < -0.4 is 4.74 Å². The molecule has 2 aromatic rings. The number of hydrogen-bond acceptors (Lipinski definition) is 5. The van der Waals surface area contributed by atoms with Crippen LogP contribution in [-0.4, -0.2) is 45.3 Å². The normalized spacial score (nSPS) is 14.6. The first kappa shape index (κ1) is 14.0. The van der Waals surface area contributed by atoms with Gasteiger partial charge < -0.3 is 4.74 Å². The molecule has 1 aliphatic carbocycles. The Balaban J connectivity index is 1.44. The molecule has 1 aromatic carbocycles. The fourth-order valence-electron chi connectivity index (χ4n) is 2.19. The van der Waals surface area contributed by atoms with Crippen LogP contribution in [0, 0.1) is 6.92 Å². The van der Waals surface area contributed by atoms with Gasteiger partial charge >= 0.3 is 0 Å². The third-order valence-electron chi connectivity index (χ3n) is 3.63. The topological polar surface area (TPSA) is 56.1 Å². The molecule has 21 heavy (non-hydrogen) atoms. The Bertz CT molecular complexity index is 576. The van der Waals surface area contributed by atoms with Gasteiger partial charge in [0.15, 0.2) is 5.82 Å². The predicted octanol–water partition coefficient (Wildman–Crippen LogP) is 1.83. The number of aromatic nitrogens is 4. The van der Waals surface area contributed by atoms with Crippen molar-refractivity contribution in [3.63, 3.8) is 0 Å². The summed E-state index contributed by atoms with van der Waals surface area (Å²) in [5.41, 5.74) is 1.24. The molecule has 1 saturated carbocycles. The lowest BCUT2D eigenvalue weighted by Crippen LogP contribution is -2.25. The summed E-state index contributed by atoms with van der Waals surface area (Å²) in [5.74, 6) is 1.85. The molecule has 3 rings (SSSR count). The molecule has 1 fully saturated rings. The second kappa shape index (κ2) is 6.22. The van der Waals surface area contributed by atoms with Gasteiger partial charge in [0.2, 0.25) is 0 Å². The van der Waals surface area contributed by atoms with Gasteiger partial charge in [-0.15, -0.1) is 5.10 Å². The number of benzene rings is 1. The first-order chi connectivity index (χ1) is 10.2. The summed E-state index contributed by atoms with van der Waals surface area (Å²) >= 11 is 0. The van der Waals surface area contributed by atoms with Crippen molar-refractivity contribution in [3.05, 3.63) is 35.7 Å². The summed E-state index contributed by atoms with van der Waals surface area (Å²) < 4.78 is 7.70. The standard InChI is InChI=1S/C15H21N5O/c1-12-3-7-14(8-4-12)21-10-9-19(2)11-15-16-17-18-20(15)13-5-6-13/h3-4,7-8,13H,5-6,9-11H2,1-2H3. The van der Waals surface area contributed by atoms with E-state index in [4.69, 9.17) is 4.74 Å². The zero-order chi connectivity index (χ0) is 14.7. The summed E-state index contributed by atoms with van der Waals surface area (Å²) in [5, 5.41) is 12.0. The highest BCUT2D eigenvalue weighted by Crippen LogP contribution is 2.34. The highest BCUT2D eigenvalue weighted by atomic mass is 16.5. The molecule has 1 aromatic heterocycles. The van der Waals surface area contributed by atoms with E-state index in [9.17, 15) is 0 Å². The van der Waals surface area contributed by atoms with E-state index in [0.717, 1.165) is 24.7 Å². The minimum absolute atomic E-state index is 0.521. The average Bonchev–Trinajstić information content (AvgIpc) is 3.22. The Morgan fingerprint density at radius 2 is 2.05 bits per heavy atom. The molecule has 0 spiro atoms. The van der Waals surface area contributed by atoms with E-state index in [2.05, 4.69) is 46.5 Å². The van der Waals surface area contributed by atoms with Gasteiger partial charge in [-0.3, -0.25) is 4.90 Å². The fourth-order valence-corrected chi connectivity index (χ4v) is 2.19. The van der Waals surface area contributed by atoms with Crippen molar-refractivity contribution in [3.8, 4) is 5.75 Å². The van der Waals surface area contributed by atoms with Crippen molar-refractivity contribution in [1.29, 1.82) is 0 Å². The van der Waals surface area contributed by atoms with Gasteiger partial charge in [0.1, 0.15) is 12.4 Å². The number of aryl methyl sites for hydroxylation is 1. The number of rotatable bonds is 7. The number of nitrogens with zero attached hydrogens (tertiary/aromatic N) is 5. The van der Waals surface area contributed by atoms with Crippen LogP contribution in [0.5, 0.6) is 5.75 Å². The van der Waals surface area contributed by atoms with Crippen molar-refractivity contribution >= 4 is 0 Å². The summed E-state index contributed by atoms with van der Waals surface area (Å²) in [6.45, 7) is 4.32. The van der Waals surface area contributed by atoms with Crippen LogP contribution in [-0.2, 0) is 6.54 Å². The molecular formula is C15H21N5O. The average molecular weight is 287 g/mol. The van der Waals surface area contributed by atoms with Crippen molar-refractivity contribution < 1.29 is 4.74 Å². The summed E-state index contributed by atoms with van der Waals surface area (Å²) in [6, 6.07) is 8.64. The molecule has 1 heterocycles. The Hall–Kier alpha value is -1.95. The van der Waals surface area contributed by atoms with Gasteiger partial charge in [-0.25, -0.2) is 4.68 Å². The molecule has 1 aliphatic rings. The Morgan fingerprint density at radius 1 is 1.29 bits per heavy atom. The SMILES string of the molecule is Cc1ccc(OCCN(C)Cc2nnnn2C2CC2)cc1. The number of hydrogen-bond donors (Lipinski definition) is 0. The molecule has 0 unspecified atom stereocenters. The fraction of sp³-hybridized carbons (Fsp3) is 0.533. The van der Waals surface area contributed by atoms with Gasteiger partial charge in [0.25, 0.3) is 0 Å². The van der Waals surface area contributed by atoms with E-state index in [1.54, 1.807) is 0 Å². The van der Waals surface area contributed by atoms with Crippen LogP contribution in [0.15, 0.2) is 24.3 Å². The molecule has 112 valence electrons. The maximum absolute atomic E-state index is 5.74. The molecule has 0 radical (unpaired) electrons. The number of likely N-dealkylation sites (N-methyl/N-ethyl adjacent to an activating group) is 1. The second-order valence-corrected chi connectivity index (χ2v) is 5.67. The highest BCUT2D eigenvalue weighted by molar-refractivity contribution is 5.26. The minimum Gasteiger partial charge on any atom is -0.492 e. The molecular weight excluding hydrogens is 266 g/mol. The van der Waals surface area contributed by atoms with Crippen LogP contribution in [0.25, 0.3) is 0 Å². The maximum atomic E-state index is 5.74. The van der Waals surface area contributed by atoms with Crippen molar-refractivity contribution in [1.82, 2.24) is 25.1 Å². The Morgan fingerprint density at radius 3 is 2.76 bits per heavy atom. The van der Waals surface area contributed by atoms with E-state index in [1.165, 1.54) is 18.4 Å². The van der Waals surface area contributed by atoms with Gasteiger partial charge in [-0.05, 0) is 49.4 Å². The number of tetrazole rings is 1. The summed E-state index contributed by atoms with van der Waals surface area (Å²) in [4.78, 5) is 2.18. The largest absolute Gasteiger partial charge is 0.492 e. The number of ether oxygens (including phenoxy) is 1. The predicted molar refractivity (Wildman–Crippen MR) is 79.1 cm³/mol. The summed E-state index contributed by atoms with van der Waals surface area (Å²) in [6.07, 6.45) is 2.39. The van der Waals surface area contributed by atoms with Crippen LogP contribution in [0.4, 0.5) is 0 Å². The smallest absolute Gasteiger partial charge is 0.165 e. The zero-order valence-corrected chi connectivity index (χ0v) is 12.6. The van der Waals surface area contributed by atoms with Gasteiger partial charge in [-0.2, -0.15) is 0 Å². The van der Waals surface area contributed by atoms with Crippen molar-refractivity contribution in [2.75, 3.05) is 20.2 Å². The monoisotopic (exact) mass is 287 g/mol. The minimum atomic E-state index is 0.521. The van der Waals surface area contributed by atoms with E-state index >= 15 is 0 Å². The molecule has 0 bridgehead atoms. The Kier molecular flexibility index (Phi) is 4.15. The van der Waals surface area contributed by atoms with Crippen molar-refractivity contribution in [2.24, 2.45) is 0 Å². The van der Waals surface area contributed by atoms with Crippen LogP contribution in [0.1, 0.15) is 30.3 Å². The molecule has 6 nitrogen and oxygen atoms in total. The van der Waals surface area contributed by atoms with E-state index in [1.807, 2.05) is 16.8 Å². The van der Waals surface area contributed by atoms with Crippen LogP contribution in [0.2, 0.25) is 0 Å². The van der Waals surface area contributed by atoms with E-state index in [0.29, 0.717) is 12.6 Å². The van der Waals surface area contributed by atoms with E-state index in [-0.39, 0.29) is 0 Å². The lowest BCUT2D eigenvalue weighted by Gasteiger charge is -2.16. The maximum Gasteiger partial charge on any atom is 0.165 e. The van der Waals surface area contributed by atoms with Gasteiger partial charge in [0.05, 0.1) is 12.6 Å². The zero-order valence-electron chi connectivity index (χ0n) is 12.6. The molecule has 0 atom stereocenters. The molecule has 0 saturated heterocycles.